The second-order valence-electron chi connectivity index (χ2n) is 14.2. The second-order valence-corrected chi connectivity index (χ2v) is 18.6. The molecule has 0 saturated carbocycles. The molecule has 3 aromatic rings. The molecule has 0 radical (unpaired) electrons. The van der Waals surface area contributed by atoms with Gasteiger partial charge in [0.25, 0.3) is 11.8 Å². The van der Waals surface area contributed by atoms with Crippen LogP contribution < -0.4 is 20.1 Å². The van der Waals surface area contributed by atoms with Crippen molar-refractivity contribution in [3.63, 3.8) is 0 Å². The topological polar surface area (TPSA) is 218 Å². The first-order valence-corrected chi connectivity index (χ1v) is 19.5. The number of ether oxygens (including phenoxy) is 2. The van der Waals surface area contributed by atoms with E-state index in [9.17, 15) is 39.0 Å². The van der Waals surface area contributed by atoms with E-state index in [1.54, 1.807) is 71.0 Å². The summed E-state index contributed by atoms with van der Waals surface area (Å²) in [6, 6.07) is 6.33. The van der Waals surface area contributed by atoms with Gasteiger partial charge in [0.05, 0.1) is 24.3 Å². The molecule has 0 spiro atoms. The summed E-state index contributed by atoms with van der Waals surface area (Å²) in [4.78, 5) is 76.8. The summed E-state index contributed by atoms with van der Waals surface area (Å²) >= 11 is 15.2. The van der Waals surface area contributed by atoms with Gasteiger partial charge >= 0.3 is 11.9 Å². The van der Waals surface area contributed by atoms with Crippen molar-refractivity contribution in [3.8, 4) is 22.8 Å². The van der Waals surface area contributed by atoms with Gasteiger partial charge < -0.3 is 44.6 Å². The fraction of sp³-hybridized carbons (Fsp3) is 0.417. The third kappa shape index (κ3) is 6.79. The lowest BCUT2D eigenvalue weighted by molar-refractivity contribution is -0.159. The fourth-order valence-corrected chi connectivity index (χ4v) is 11.2. The van der Waals surface area contributed by atoms with Gasteiger partial charge in [-0.2, -0.15) is 0 Å². The van der Waals surface area contributed by atoms with Crippen LogP contribution in [0.5, 0.6) is 11.5 Å². The summed E-state index contributed by atoms with van der Waals surface area (Å²) in [6.07, 6.45) is 0. The summed E-state index contributed by atoms with van der Waals surface area (Å²) in [7, 11) is 2.88. The van der Waals surface area contributed by atoms with Crippen molar-refractivity contribution in [2.45, 2.75) is 79.0 Å². The number of hydrogen-bond acceptors (Lipinski definition) is 12. The molecule has 1 aromatic heterocycles. The number of benzene rings is 2. The Labute approximate surface area is 338 Å². The lowest BCUT2D eigenvalue weighted by atomic mass is 9.95. The quantitative estimate of drug-likeness (QED) is 0.223. The zero-order valence-corrected chi connectivity index (χ0v) is 34.1. The minimum absolute atomic E-state index is 0.119. The molecule has 298 valence electrons. The molecule has 4 saturated heterocycles. The lowest BCUT2D eigenvalue weighted by Crippen LogP contribution is -2.70. The number of rotatable bonds is 9. The monoisotopic (exact) mass is 849 g/mol. The summed E-state index contributed by atoms with van der Waals surface area (Å²) in [5, 5.41) is 28.0. The Morgan fingerprint density at radius 3 is 1.59 bits per heavy atom. The SMILES string of the molecule is COc1cccc(OC)c1C(=O)N[C@@H]1C(=O)N2[C@@H]1SC(C)(C)[C@@H]2C(=O)O.Cc1onc(-c2c(Cl)cccc2Cl)c1C(=O)N[C@@H]1C(=O)N2[C@@H]1SC(C)(C)[C@@H]2C(=O)O. The number of β-lactam (4-membered cyclic amide) rings is 2. The zero-order valence-electron chi connectivity index (χ0n) is 30.9. The molecular weight excluding hydrogens is 813 g/mol. The van der Waals surface area contributed by atoms with Crippen LogP contribution in [0, 0.1) is 6.92 Å². The first-order chi connectivity index (χ1) is 26.3. The van der Waals surface area contributed by atoms with Gasteiger partial charge in [0.2, 0.25) is 11.8 Å². The van der Waals surface area contributed by atoms with Gasteiger partial charge in [0, 0.05) is 15.1 Å². The van der Waals surface area contributed by atoms with E-state index in [1.807, 2.05) is 0 Å². The van der Waals surface area contributed by atoms with Crippen LogP contribution >= 0.6 is 46.7 Å². The van der Waals surface area contributed by atoms with Crippen LogP contribution in [0.2, 0.25) is 10.0 Å². The first-order valence-electron chi connectivity index (χ1n) is 17.0. The standard InChI is InChI=1S/C19H17Cl2N3O5S.C17H20N2O6S/c1-7-10(12(23-29-7)11-8(20)5-4-6-9(11)21)15(25)22-13-16(26)24-14(18(27)28)19(2,3)30-17(13)24;1-17(2)12(16(22)23)19-14(21)11(15(19)26-17)18-13(20)10-8(24-3)6-5-7-9(10)25-4/h4-6,13-14,17H,1-3H3,(H,22,25)(H,27,28);5-7,11-12,15H,1-4H3,(H,18,20)(H,22,23)/t13-,14+,17-;11-,12+,15-/m11/s1. The Balaban J connectivity index is 0.000000192. The van der Waals surface area contributed by atoms with Gasteiger partial charge in [0.15, 0.2) is 0 Å². The molecule has 6 atom stereocenters. The molecule has 16 nitrogen and oxygen atoms in total. The van der Waals surface area contributed by atoms with E-state index in [0.29, 0.717) is 27.1 Å². The van der Waals surface area contributed by atoms with Crippen molar-refractivity contribution >= 4 is 82.3 Å². The van der Waals surface area contributed by atoms with E-state index < -0.39 is 80.0 Å². The molecule has 4 N–H and O–H groups in total. The minimum atomic E-state index is -1.07. The highest BCUT2D eigenvalue weighted by Crippen LogP contribution is 2.52. The Hall–Kier alpha value is -4.65. The molecule has 2 aromatic carbocycles. The van der Waals surface area contributed by atoms with E-state index >= 15 is 0 Å². The number of nitrogens with one attached hydrogen (secondary N) is 2. The average molecular weight is 851 g/mol. The van der Waals surface area contributed by atoms with Crippen molar-refractivity contribution in [2.24, 2.45) is 0 Å². The van der Waals surface area contributed by atoms with E-state index in [0.717, 1.165) is 0 Å². The molecule has 4 amide bonds. The number of carboxylic acid groups (broad SMARTS) is 2. The van der Waals surface area contributed by atoms with Crippen molar-refractivity contribution < 1.29 is 53.0 Å². The molecule has 4 aliphatic heterocycles. The number of amides is 4. The number of thioether (sulfide) groups is 2. The van der Waals surface area contributed by atoms with Crippen LogP contribution in [0.3, 0.4) is 0 Å². The summed E-state index contributed by atoms with van der Waals surface area (Å²) < 4.78 is 14.3. The Morgan fingerprint density at radius 1 is 0.768 bits per heavy atom. The molecule has 4 fully saturated rings. The Bertz CT molecular complexity index is 2120. The van der Waals surface area contributed by atoms with Crippen LogP contribution in [-0.4, -0.2) is 119 Å². The number of hydrogen-bond donors (Lipinski definition) is 4. The molecule has 0 unspecified atom stereocenters. The van der Waals surface area contributed by atoms with Crippen LogP contribution in [0.15, 0.2) is 40.9 Å². The fourth-order valence-electron chi connectivity index (χ4n) is 7.33. The molecule has 20 heteroatoms. The third-order valence-electron chi connectivity index (χ3n) is 9.87. The molecule has 0 bridgehead atoms. The number of carbonyl (C=O) groups is 6. The highest BCUT2D eigenvalue weighted by Gasteiger charge is 2.65. The van der Waals surface area contributed by atoms with Crippen molar-refractivity contribution in [2.75, 3.05) is 14.2 Å². The summed E-state index contributed by atoms with van der Waals surface area (Å²) in [5.41, 5.74) is 0.841. The van der Waals surface area contributed by atoms with Crippen molar-refractivity contribution in [1.29, 1.82) is 0 Å². The van der Waals surface area contributed by atoms with Crippen LogP contribution in [0.25, 0.3) is 11.3 Å². The van der Waals surface area contributed by atoms with Crippen LogP contribution in [0.4, 0.5) is 0 Å². The second kappa shape index (κ2) is 15.0. The molecule has 7 rings (SSSR count). The van der Waals surface area contributed by atoms with E-state index in [-0.39, 0.29) is 22.6 Å². The van der Waals surface area contributed by atoms with Crippen LogP contribution in [-0.2, 0) is 19.2 Å². The number of aromatic nitrogens is 1. The number of nitrogens with zero attached hydrogens (tertiary/aromatic N) is 3. The van der Waals surface area contributed by atoms with E-state index in [1.165, 1.54) is 47.5 Å². The minimum Gasteiger partial charge on any atom is -0.496 e. The first kappa shape index (κ1) is 41.0. The maximum absolute atomic E-state index is 13.1. The van der Waals surface area contributed by atoms with Gasteiger partial charge in [-0.3, -0.25) is 19.2 Å². The van der Waals surface area contributed by atoms with Gasteiger partial charge in [-0.1, -0.05) is 40.5 Å². The van der Waals surface area contributed by atoms with E-state index in [4.69, 9.17) is 37.2 Å². The number of carboxylic acids is 2. The number of halogens is 2. The number of aryl methyl sites for hydroxylation is 1. The normalized spacial score (nSPS) is 25.1. The van der Waals surface area contributed by atoms with Crippen LogP contribution in [0.1, 0.15) is 54.2 Å². The smallest absolute Gasteiger partial charge is 0.327 e. The average Bonchev–Trinajstić information content (AvgIpc) is 3.73. The number of carbonyl (C=O) groups excluding carboxylic acids is 4. The third-order valence-corrected chi connectivity index (χ3v) is 13.6. The highest BCUT2D eigenvalue weighted by molar-refractivity contribution is 8.02. The number of aliphatic carboxylic acids is 2. The molecule has 5 heterocycles. The zero-order chi connectivity index (χ0) is 41.2. The highest BCUT2D eigenvalue weighted by atomic mass is 35.5. The molecule has 56 heavy (non-hydrogen) atoms. The van der Waals surface area contributed by atoms with Gasteiger partial charge in [-0.05, 0) is 58.9 Å². The van der Waals surface area contributed by atoms with Crippen molar-refractivity contribution in [1.82, 2.24) is 25.6 Å². The maximum Gasteiger partial charge on any atom is 0.327 e. The molecular formula is C36H37Cl2N5O11S2. The van der Waals surface area contributed by atoms with Gasteiger partial charge in [0.1, 0.15) is 69.0 Å². The Kier molecular flexibility index (Phi) is 11.0. The predicted molar refractivity (Wildman–Crippen MR) is 206 cm³/mol. The van der Waals surface area contributed by atoms with E-state index in [2.05, 4.69) is 15.8 Å². The lowest BCUT2D eigenvalue weighted by Gasteiger charge is -2.43. The Morgan fingerprint density at radius 2 is 1.18 bits per heavy atom. The maximum atomic E-state index is 13.1. The molecule has 4 aliphatic rings. The predicted octanol–water partition coefficient (Wildman–Crippen LogP) is 4.15. The number of fused-ring (bicyclic) bond motifs is 2. The largest absolute Gasteiger partial charge is 0.496 e. The molecule has 0 aliphatic carbocycles. The van der Waals surface area contributed by atoms with Gasteiger partial charge in [-0.25, -0.2) is 9.59 Å². The number of methoxy groups -OCH3 is 2. The van der Waals surface area contributed by atoms with Gasteiger partial charge in [-0.15, -0.1) is 23.5 Å². The summed E-state index contributed by atoms with van der Waals surface area (Å²) in [6.45, 7) is 8.67. The van der Waals surface area contributed by atoms with Crippen molar-refractivity contribution in [3.05, 3.63) is 63.3 Å². The summed E-state index contributed by atoms with van der Waals surface area (Å²) in [5.74, 6) is -3.14.